The molecule has 0 aliphatic rings. The second-order valence-electron chi connectivity index (χ2n) is 4.19. The predicted molar refractivity (Wildman–Crippen MR) is 73.8 cm³/mol. The van der Waals surface area contributed by atoms with Gasteiger partial charge in [0.1, 0.15) is 0 Å². The van der Waals surface area contributed by atoms with Crippen LogP contribution < -0.4 is 5.73 Å². The lowest BCUT2D eigenvalue weighted by atomic mass is 10.2. The number of aromatic nitrogens is 4. The zero-order valence-corrected chi connectivity index (χ0v) is 11.6. The Balaban J connectivity index is 2.25. The molecule has 2 N–H and O–H groups in total. The number of halogens is 1. The van der Waals surface area contributed by atoms with Crippen molar-refractivity contribution in [3.63, 3.8) is 0 Å². The van der Waals surface area contributed by atoms with E-state index in [1.165, 1.54) is 0 Å². The van der Waals surface area contributed by atoms with Crippen LogP contribution in [0.1, 0.15) is 13.8 Å². The molecule has 0 aliphatic carbocycles. The number of hydrogen-bond donors (Lipinski definition) is 1. The molecular formula is C12H16ClN5O. The van der Waals surface area contributed by atoms with Crippen LogP contribution in [0.4, 0.5) is 5.69 Å². The van der Waals surface area contributed by atoms with E-state index in [4.69, 9.17) is 22.1 Å². The van der Waals surface area contributed by atoms with Gasteiger partial charge in [-0.3, -0.25) is 0 Å². The van der Waals surface area contributed by atoms with Crippen LogP contribution in [0.5, 0.6) is 0 Å². The Hall–Kier alpha value is -1.66. The summed E-state index contributed by atoms with van der Waals surface area (Å²) >= 11 is 5.90. The molecule has 0 fully saturated rings. The quantitative estimate of drug-likeness (QED) is 0.848. The summed E-state index contributed by atoms with van der Waals surface area (Å²) in [5, 5.41) is 12.2. The monoisotopic (exact) mass is 281 g/mol. The molecule has 0 radical (unpaired) electrons. The number of nitrogens with zero attached hydrogens (tertiary/aromatic N) is 4. The van der Waals surface area contributed by atoms with E-state index in [2.05, 4.69) is 15.5 Å². The highest BCUT2D eigenvalue weighted by Gasteiger charge is 2.12. The highest BCUT2D eigenvalue weighted by molar-refractivity contribution is 6.33. The summed E-state index contributed by atoms with van der Waals surface area (Å²) in [5.41, 5.74) is 7.13. The Labute approximate surface area is 116 Å². The van der Waals surface area contributed by atoms with Crippen molar-refractivity contribution in [3.8, 4) is 11.4 Å². The Bertz CT molecular complexity index is 557. The van der Waals surface area contributed by atoms with Crippen molar-refractivity contribution < 1.29 is 4.74 Å². The number of tetrazole rings is 1. The number of benzene rings is 1. The normalized spacial score (nSPS) is 12.6. The van der Waals surface area contributed by atoms with Crippen LogP contribution in [-0.4, -0.2) is 32.9 Å². The van der Waals surface area contributed by atoms with E-state index < -0.39 is 0 Å². The number of rotatable bonds is 5. The Kier molecular flexibility index (Phi) is 4.34. The Morgan fingerprint density at radius 3 is 2.95 bits per heavy atom. The molecule has 19 heavy (non-hydrogen) atoms. The molecule has 2 rings (SSSR count). The van der Waals surface area contributed by atoms with Crippen LogP contribution in [0.15, 0.2) is 18.2 Å². The highest BCUT2D eigenvalue weighted by atomic mass is 35.5. The summed E-state index contributed by atoms with van der Waals surface area (Å²) in [6, 6.07) is 5.33. The molecule has 1 heterocycles. The van der Waals surface area contributed by atoms with Gasteiger partial charge in [0, 0.05) is 12.2 Å². The topological polar surface area (TPSA) is 78.8 Å². The van der Waals surface area contributed by atoms with Crippen LogP contribution in [-0.2, 0) is 11.3 Å². The van der Waals surface area contributed by atoms with Gasteiger partial charge in [-0.15, -0.1) is 5.10 Å². The van der Waals surface area contributed by atoms with Crippen LogP contribution >= 0.6 is 11.6 Å². The molecule has 0 aliphatic heterocycles. The molecule has 1 unspecified atom stereocenters. The Morgan fingerprint density at radius 2 is 2.26 bits per heavy atom. The van der Waals surface area contributed by atoms with E-state index >= 15 is 0 Å². The highest BCUT2D eigenvalue weighted by Crippen LogP contribution is 2.25. The molecule has 0 saturated carbocycles. The van der Waals surface area contributed by atoms with Crippen LogP contribution in [0, 0.1) is 0 Å². The fraction of sp³-hybridized carbons (Fsp3) is 0.417. The number of ether oxygens (including phenoxy) is 1. The smallest absolute Gasteiger partial charge is 0.182 e. The van der Waals surface area contributed by atoms with Gasteiger partial charge in [-0.1, -0.05) is 11.6 Å². The molecule has 2 aromatic rings. The summed E-state index contributed by atoms with van der Waals surface area (Å²) in [7, 11) is 0. The van der Waals surface area contributed by atoms with Crippen molar-refractivity contribution in [1.29, 1.82) is 0 Å². The zero-order valence-electron chi connectivity index (χ0n) is 10.9. The van der Waals surface area contributed by atoms with Crippen molar-refractivity contribution in [3.05, 3.63) is 23.2 Å². The van der Waals surface area contributed by atoms with Gasteiger partial charge in [0.05, 0.1) is 23.4 Å². The zero-order chi connectivity index (χ0) is 13.8. The fourth-order valence-electron chi connectivity index (χ4n) is 1.80. The van der Waals surface area contributed by atoms with Crippen molar-refractivity contribution in [1.82, 2.24) is 20.2 Å². The average molecular weight is 282 g/mol. The van der Waals surface area contributed by atoms with E-state index in [9.17, 15) is 0 Å². The third kappa shape index (κ3) is 3.21. The minimum Gasteiger partial charge on any atom is -0.398 e. The van der Waals surface area contributed by atoms with Crippen LogP contribution in [0.25, 0.3) is 11.4 Å². The molecule has 0 amide bonds. The maximum Gasteiger partial charge on any atom is 0.182 e. The first-order valence-corrected chi connectivity index (χ1v) is 6.42. The van der Waals surface area contributed by atoms with E-state index in [1.54, 1.807) is 16.8 Å². The van der Waals surface area contributed by atoms with Crippen LogP contribution in [0.3, 0.4) is 0 Å². The molecular weight excluding hydrogens is 266 g/mol. The summed E-state index contributed by atoms with van der Waals surface area (Å²) < 4.78 is 7.18. The van der Waals surface area contributed by atoms with Gasteiger partial charge in [0.25, 0.3) is 0 Å². The predicted octanol–water partition coefficient (Wildman–Crippen LogP) is 2.00. The van der Waals surface area contributed by atoms with Crippen molar-refractivity contribution in [2.45, 2.75) is 26.5 Å². The lowest BCUT2D eigenvalue weighted by molar-refractivity contribution is 0.0614. The van der Waals surface area contributed by atoms with Crippen molar-refractivity contribution >= 4 is 17.3 Å². The second-order valence-corrected chi connectivity index (χ2v) is 4.59. The first-order valence-electron chi connectivity index (χ1n) is 6.05. The molecule has 7 heteroatoms. The summed E-state index contributed by atoms with van der Waals surface area (Å²) in [6.45, 7) is 5.17. The van der Waals surface area contributed by atoms with Crippen molar-refractivity contribution in [2.75, 3.05) is 12.3 Å². The maximum absolute atomic E-state index is 5.90. The molecule has 1 aromatic carbocycles. The first kappa shape index (κ1) is 13.8. The molecule has 6 nitrogen and oxygen atoms in total. The molecule has 0 spiro atoms. The molecule has 1 atom stereocenters. The van der Waals surface area contributed by atoms with Gasteiger partial charge in [0.15, 0.2) is 5.82 Å². The van der Waals surface area contributed by atoms with Gasteiger partial charge in [-0.2, -0.15) is 0 Å². The van der Waals surface area contributed by atoms with E-state index in [0.717, 1.165) is 5.56 Å². The second kappa shape index (κ2) is 5.99. The summed E-state index contributed by atoms with van der Waals surface area (Å²) in [5.74, 6) is 0.648. The molecule has 0 saturated heterocycles. The molecule has 1 aromatic heterocycles. The summed E-state index contributed by atoms with van der Waals surface area (Å²) in [6.07, 6.45) is 0.0388. The standard InChI is InChI=1S/C12H16ClN5O/c1-3-19-8(2)7-18-12(15-16-17-18)9-4-5-10(13)11(14)6-9/h4-6,8H,3,7,14H2,1-2H3. The first-order chi connectivity index (χ1) is 9.11. The number of nitrogens with two attached hydrogens (primary N) is 1. The van der Waals surface area contributed by atoms with Crippen LogP contribution in [0.2, 0.25) is 5.02 Å². The van der Waals surface area contributed by atoms with E-state index in [1.807, 2.05) is 19.9 Å². The SMILES string of the molecule is CCOC(C)Cn1nnnc1-c1ccc(Cl)c(N)c1. The van der Waals surface area contributed by atoms with Gasteiger partial charge in [-0.25, -0.2) is 4.68 Å². The van der Waals surface area contributed by atoms with Gasteiger partial charge < -0.3 is 10.5 Å². The average Bonchev–Trinajstić information content (AvgIpc) is 2.81. The maximum atomic E-state index is 5.90. The van der Waals surface area contributed by atoms with Gasteiger partial charge >= 0.3 is 0 Å². The fourth-order valence-corrected chi connectivity index (χ4v) is 1.92. The van der Waals surface area contributed by atoms with Gasteiger partial charge in [0.2, 0.25) is 0 Å². The largest absolute Gasteiger partial charge is 0.398 e. The number of hydrogen-bond acceptors (Lipinski definition) is 5. The lowest BCUT2D eigenvalue weighted by Gasteiger charge is -2.12. The molecule has 102 valence electrons. The van der Waals surface area contributed by atoms with Gasteiger partial charge in [-0.05, 0) is 42.5 Å². The van der Waals surface area contributed by atoms with E-state index in [0.29, 0.717) is 29.7 Å². The number of nitrogen functional groups attached to an aromatic ring is 1. The summed E-state index contributed by atoms with van der Waals surface area (Å²) in [4.78, 5) is 0. The molecule has 0 bridgehead atoms. The minimum atomic E-state index is 0.0388. The number of anilines is 1. The third-order valence-electron chi connectivity index (χ3n) is 2.67. The third-order valence-corrected chi connectivity index (χ3v) is 3.01. The van der Waals surface area contributed by atoms with E-state index in [-0.39, 0.29) is 6.10 Å². The minimum absolute atomic E-state index is 0.0388. The lowest BCUT2D eigenvalue weighted by Crippen LogP contribution is -2.18. The Morgan fingerprint density at radius 1 is 1.47 bits per heavy atom. The van der Waals surface area contributed by atoms with Crippen molar-refractivity contribution in [2.24, 2.45) is 0 Å².